The van der Waals surface area contributed by atoms with Crippen molar-refractivity contribution in [2.24, 2.45) is 5.14 Å². The third-order valence-electron chi connectivity index (χ3n) is 4.74. The van der Waals surface area contributed by atoms with Crippen LogP contribution in [0.5, 0.6) is 0 Å². The molecular weight excluding hydrogens is 352 g/mol. The van der Waals surface area contributed by atoms with Gasteiger partial charge < -0.3 is 9.64 Å². The molecule has 0 saturated heterocycles. The van der Waals surface area contributed by atoms with Crippen LogP contribution in [0.2, 0.25) is 0 Å². The number of benzene rings is 2. The number of primary sulfonamides is 1. The minimum Gasteiger partial charge on any atom is -0.465 e. The molecule has 1 heterocycles. The average molecular weight is 374 g/mol. The monoisotopic (exact) mass is 374 g/mol. The van der Waals surface area contributed by atoms with Crippen molar-refractivity contribution in [3.05, 3.63) is 59.2 Å². The van der Waals surface area contributed by atoms with Crippen LogP contribution in [0.3, 0.4) is 0 Å². The number of anilines is 1. The van der Waals surface area contributed by atoms with Gasteiger partial charge in [-0.1, -0.05) is 38.1 Å². The van der Waals surface area contributed by atoms with Crippen molar-refractivity contribution in [2.45, 2.75) is 30.7 Å². The Morgan fingerprint density at radius 2 is 1.88 bits per heavy atom. The molecule has 0 unspecified atom stereocenters. The molecule has 0 atom stereocenters. The first-order valence-electron chi connectivity index (χ1n) is 8.22. The maximum atomic E-state index is 12.3. The zero-order valence-electron chi connectivity index (χ0n) is 15.0. The van der Waals surface area contributed by atoms with Crippen LogP contribution >= 0.6 is 0 Å². The summed E-state index contributed by atoms with van der Waals surface area (Å²) in [6, 6.07) is 12.5. The van der Waals surface area contributed by atoms with Gasteiger partial charge in [0, 0.05) is 18.5 Å². The predicted molar refractivity (Wildman–Crippen MR) is 99.7 cm³/mol. The minimum atomic E-state index is -3.91. The van der Waals surface area contributed by atoms with Crippen LogP contribution in [0.4, 0.5) is 5.69 Å². The summed E-state index contributed by atoms with van der Waals surface area (Å²) in [5, 5.41) is 5.21. The van der Waals surface area contributed by atoms with Crippen LogP contribution < -0.4 is 10.0 Å². The zero-order chi connectivity index (χ0) is 19.1. The Bertz CT molecular complexity index is 967. The number of carbonyl (C=O) groups is 1. The van der Waals surface area contributed by atoms with E-state index in [0.29, 0.717) is 18.8 Å². The Hall–Kier alpha value is -2.38. The molecule has 0 aromatic heterocycles. The van der Waals surface area contributed by atoms with Crippen molar-refractivity contribution in [2.75, 3.05) is 18.6 Å². The van der Waals surface area contributed by atoms with Gasteiger partial charge in [0.15, 0.2) is 0 Å². The molecular formula is C19H22N2O4S. The van der Waals surface area contributed by atoms with Gasteiger partial charge in [-0.25, -0.2) is 18.4 Å². The summed E-state index contributed by atoms with van der Waals surface area (Å²) in [5.74, 6) is -0.595. The number of methoxy groups -OCH3 is 1. The number of ether oxygens (including phenoxy) is 1. The van der Waals surface area contributed by atoms with Crippen molar-refractivity contribution in [1.82, 2.24) is 0 Å². The van der Waals surface area contributed by atoms with Gasteiger partial charge in [0.1, 0.15) is 0 Å². The fourth-order valence-electron chi connectivity index (χ4n) is 3.55. The molecule has 1 aliphatic rings. The lowest BCUT2D eigenvalue weighted by atomic mass is 9.78. The van der Waals surface area contributed by atoms with Gasteiger partial charge in [0.2, 0.25) is 10.0 Å². The van der Waals surface area contributed by atoms with Crippen LogP contribution in [0.15, 0.2) is 47.4 Å². The van der Waals surface area contributed by atoms with E-state index in [1.807, 2.05) is 12.1 Å². The molecule has 0 spiro atoms. The number of sulfonamides is 1. The topological polar surface area (TPSA) is 89.7 Å². The second-order valence-corrected chi connectivity index (χ2v) is 8.67. The predicted octanol–water partition coefficient (Wildman–Crippen LogP) is 2.42. The van der Waals surface area contributed by atoms with Gasteiger partial charge in [-0.3, -0.25) is 0 Å². The highest BCUT2D eigenvalue weighted by molar-refractivity contribution is 7.89. The van der Waals surface area contributed by atoms with Crippen LogP contribution in [0.25, 0.3) is 0 Å². The molecule has 6 nitrogen and oxygen atoms in total. The number of nitrogens with two attached hydrogens (primary N) is 1. The molecule has 26 heavy (non-hydrogen) atoms. The highest BCUT2D eigenvalue weighted by Gasteiger charge is 2.33. The first-order chi connectivity index (χ1) is 12.1. The lowest BCUT2D eigenvalue weighted by molar-refractivity contribution is 0.0601. The van der Waals surface area contributed by atoms with E-state index in [0.717, 1.165) is 0 Å². The van der Waals surface area contributed by atoms with Crippen LogP contribution in [0, 0.1) is 0 Å². The van der Waals surface area contributed by atoms with Gasteiger partial charge in [-0.05, 0) is 29.3 Å². The van der Waals surface area contributed by atoms with Crippen molar-refractivity contribution < 1.29 is 17.9 Å². The van der Waals surface area contributed by atoms with E-state index in [2.05, 4.69) is 30.9 Å². The number of hydrogen-bond donors (Lipinski definition) is 1. The first-order valence-corrected chi connectivity index (χ1v) is 9.76. The molecule has 0 radical (unpaired) electrons. The van der Waals surface area contributed by atoms with E-state index < -0.39 is 16.0 Å². The Kier molecular flexibility index (Phi) is 4.54. The Morgan fingerprint density at radius 3 is 2.54 bits per heavy atom. The van der Waals surface area contributed by atoms with Crippen LogP contribution in [0.1, 0.15) is 35.3 Å². The number of carbonyl (C=O) groups excluding carboxylic acids is 1. The molecule has 0 saturated carbocycles. The van der Waals surface area contributed by atoms with Crippen molar-refractivity contribution in [1.29, 1.82) is 0 Å². The Labute approximate surface area is 153 Å². The first kappa shape index (κ1) is 18.4. The Balaban J connectivity index is 2.11. The second-order valence-electron chi connectivity index (χ2n) is 7.11. The number of nitrogens with zero attached hydrogens (tertiary/aromatic N) is 1. The van der Waals surface area contributed by atoms with Gasteiger partial charge in [0.25, 0.3) is 0 Å². The van der Waals surface area contributed by atoms with E-state index >= 15 is 0 Å². The SMILES string of the molecule is COC(=O)c1cc(S(N)(=O)=O)ccc1N1Cc2ccccc2C(C)(C)C1. The van der Waals surface area contributed by atoms with Crippen molar-refractivity contribution >= 4 is 21.7 Å². The number of rotatable bonds is 3. The fourth-order valence-corrected chi connectivity index (χ4v) is 4.09. The van der Waals surface area contributed by atoms with Gasteiger partial charge >= 0.3 is 5.97 Å². The second kappa shape index (κ2) is 6.41. The Morgan fingerprint density at radius 1 is 1.19 bits per heavy atom. The van der Waals surface area contributed by atoms with E-state index in [1.54, 1.807) is 6.07 Å². The highest BCUT2D eigenvalue weighted by atomic mass is 32.2. The quantitative estimate of drug-likeness (QED) is 0.834. The number of esters is 1. The van der Waals surface area contributed by atoms with Crippen LogP contribution in [-0.4, -0.2) is 28.0 Å². The number of hydrogen-bond acceptors (Lipinski definition) is 5. The molecule has 2 aromatic carbocycles. The maximum absolute atomic E-state index is 12.3. The van der Waals surface area contributed by atoms with Gasteiger partial charge in [-0.2, -0.15) is 0 Å². The molecule has 0 bridgehead atoms. The third-order valence-corrected chi connectivity index (χ3v) is 5.65. The summed E-state index contributed by atoms with van der Waals surface area (Å²) < 4.78 is 28.2. The lowest BCUT2D eigenvalue weighted by Gasteiger charge is -2.41. The normalized spacial score (nSPS) is 16.1. The standard InChI is InChI=1S/C19H22N2O4S/c1-19(2)12-21(11-13-6-4-5-7-16(13)19)17-9-8-14(26(20,23)24)10-15(17)18(22)25-3/h4-10H,11-12H2,1-3H3,(H2,20,23,24). The minimum absolute atomic E-state index is 0.113. The van der Waals surface area contributed by atoms with E-state index in [1.165, 1.54) is 30.4 Å². The fraction of sp³-hybridized carbons (Fsp3) is 0.316. The van der Waals surface area contributed by atoms with Crippen molar-refractivity contribution in [3.8, 4) is 0 Å². The smallest absolute Gasteiger partial charge is 0.340 e. The highest BCUT2D eigenvalue weighted by Crippen LogP contribution is 2.37. The zero-order valence-corrected chi connectivity index (χ0v) is 15.8. The molecule has 0 aliphatic carbocycles. The van der Waals surface area contributed by atoms with E-state index in [4.69, 9.17) is 9.88 Å². The summed E-state index contributed by atoms with van der Waals surface area (Å²) in [7, 11) is -2.64. The lowest BCUT2D eigenvalue weighted by Crippen LogP contribution is -2.42. The summed E-state index contributed by atoms with van der Waals surface area (Å²) >= 11 is 0. The molecule has 138 valence electrons. The van der Waals surface area contributed by atoms with Crippen molar-refractivity contribution in [3.63, 3.8) is 0 Å². The molecule has 3 rings (SSSR count). The summed E-state index contributed by atoms with van der Waals surface area (Å²) in [5.41, 5.74) is 3.15. The molecule has 7 heteroatoms. The summed E-state index contributed by atoms with van der Waals surface area (Å²) in [6.45, 7) is 5.60. The molecule has 0 amide bonds. The molecule has 1 aliphatic heterocycles. The molecule has 2 N–H and O–H groups in total. The van der Waals surface area contributed by atoms with E-state index in [-0.39, 0.29) is 15.9 Å². The molecule has 2 aromatic rings. The van der Waals surface area contributed by atoms with Gasteiger partial charge in [0.05, 0.1) is 23.3 Å². The van der Waals surface area contributed by atoms with Crippen LogP contribution in [-0.2, 0) is 26.7 Å². The molecule has 0 fully saturated rings. The third kappa shape index (κ3) is 3.32. The summed E-state index contributed by atoms with van der Waals surface area (Å²) in [6.07, 6.45) is 0. The van der Waals surface area contributed by atoms with E-state index in [9.17, 15) is 13.2 Å². The average Bonchev–Trinajstić information content (AvgIpc) is 2.59. The largest absolute Gasteiger partial charge is 0.465 e. The number of fused-ring (bicyclic) bond motifs is 1. The summed E-state index contributed by atoms with van der Waals surface area (Å²) in [4.78, 5) is 14.2. The maximum Gasteiger partial charge on any atom is 0.340 e. The van der Waals surface area contributed by atoms with Gasteiger partial charge in [-0.15, -0.1) is 0 Å².